The Bertz CT molecular complexity index is 289. The number of hydrogen-bond donors (Lipinski definition) is 1. The Morgan fingerprint density at radius 2 is 2.00 bits per heavy atom. The van der Waals surface area contributed by atoms with Crippen molar-refractivity contribution in [1.82, 2.24) is 9.62 Å². The van der Waals surface area contributed by atoms with Crippen LogP contribution in [0.25, 0.3) is 0 Å². The van der Waals surface area contributed by atoms with Crippen LogP contribution in [-0.2, 0) is 10.0 Å². The number of likely N-dealkylation sites (tertiary alicyclic amines) is 1. The van der Waals surface area contributed by atoms with Crippen molar-refractivity contribution in [3.05, 3.63) is 0 Å². The minimum Gasteiger partial charge on any atom is -0.303 e. The standard InChI is InChI=1S/C10H21ClN2O2S/c1-10(9-13-5-2-3-6-13)8-12-16(14,15)7-4-11/h10,12H,2-9H2,1H3. The predicted octanol–water partition coefficient (Wildman–Crippen LogP) is 0.876. The lowest BCUT2D eigenvalue weighted by atomic mass is 10.2. The second-order valence-corrected chi connectivity index (χ2v) is 6.77. The van der Waals surface area contributed by atoms with E-state index in [-0.39, 0.29) is 11.6 Å². The van der Waals surface area contributed by atoms with Crippen LogP contribution in [-0.4, -0.2) is 51.1 Å². The molecule has 1 N–H and O–H groups in total. The fourth-order valence-corrected chi connectivity index (χ4v) is 3.41. The van der Waals surface area contributed by atoms with Crippen molar-refractivity contribution >= 4 is 21.6 Å². The molecule has 0 aliphatic carbocycles. The van der Waals surface area contributed by atoms with Gasteiger partial charge < -0.3 is 4.90 Å². The first-order valence-corrected chi connectivity index (χ1v) is 7.98. The van der Waals surface area contributed by atoms with Gasteiger partial charge in [-0.2, -0.15) is 0 Å². The van der Waals surface area contributed by atoms with E-state index in [2.05, 4.69) is 16.5 Å². The average molecular weight is 269 g/mol. The Balaban J connectivity index is 2.21. The van der Waals surface area contributed by atoms with E-state index in [1.54, 1.807) is 0 Å². The molecule has 1 rings (SSSR count). The fraction of sp³-hybridized carbons (Fsp3) is 1.00. The molecule has 0 amide bonds. The van der Waals surface area contributed by atoms with E-state index in [4.69, 9.17) is 11.6 Å². The topological polar surface area (TPSA) is 49.4 Å². The zero-order valence-corrected chi connectivity index (χ0v) is 11.4. The number of alkyl halides is 1. The summed E-state index contributed by atoms with van der Waals surface area (Å²) in [7, 11) is -3.16. The lowest BCUT2D eigenvalue weighted by Gasteiger charge is -2.20. The molecule has 0 saturated carbocycles. The molecule has 0 aromatic heterocycles. The smallest absolute Gasteiger partial charge is 0.212 e. The molecule has 0 aromatic rings. The summed E-state index contributed by atoms with van der Waals surface area (Å²) in [6.07, 6.45) is 2.54. The summed E-state index contributed by atoms with van der Waals surface area (Å²) in [6.45, 7) is 5.86. The van der Waals surface area contributed by atoms with Gasteiger partial charge in [-0.25, -0.2) is 13.1 Å². The van der Waals surface area contributed by atoms with Crippen molar-refractivity contribution in [2.75, 3.05) is 37.8 Å². The summed E-state index contributed by atoms with van der Waals surface area (Å²) < 4.78 is 25.3. The van der Waals surface area contributed by atoms with E-state index in [0.29, 0.717) is 12.5 Å². The van der Waals surface area contributed by atoms with Gasteiger partial charge in [-0.15, -0.1) is 11.6 Å². The molecular weight excluding hydrogens is 248 g/mol. The maximum absolute atomic E-state index is 11.4. The summed E-state index contributed by atoms with van der Waals surface area (Å²) in [5.74, 6) is 0.504. The second-order valence-electron chi connectivity index (χ2n) is 4.47. The highest BCUT2D eigenvalue weighted by Gasteiger charge is 2.16. The summed E-state index contributed by atoms with van der Waals surface area (Å²) in [5.41, 5.74) is 0. The van der Waals surface area contributed by atoms with Crippen LogP contribution in [0, 0.1) is 5.92 Å². The van der Waals surface area contributed by atoms with Crippen LogP contribution in [0.2, 0.25) is 0 Å². The lowest BCUT2D eigenvalue weighted by molar-refractivity contribution is 0.288. The van der Waals surface area contributed by atoms with Crippen molar-refractivity contribution in [2.45, 2.75) is 19.8 Å². The molecule has 96 valence electrons. The maximum atomic E-state index is 11.4. The van der Waals surface area contributed by atoms with Crippen LogP contribution >= 0.6 is 11.6 Å². The van der Waals surface area contributed by atoms with Crippen molar-refractivity contribution in [1.29, 1.82) is 0 Å². The van der Waals surface area contributed by atoms with Gasteiger partial charge in [0.15, 0.2) is 0 Å². The first-order chi connectivity index (χ1) is 7.53. The SMILES string of the molecule is CC(CNS(=O)(=O)CCCl)CN1CCCC1. The van der Waals surface area contributed by atoms with Gasteiger partial charge in [-0.3, -0.25) is 0 Å². The summed E-state index contributed by atoms with van der Waals surface area (Å²) in [5, 5.41) is 0. The van der Waals surface area contributed by atoms with Gasteiger partial charge in [0.05, 0.1) is 5.75 Å². The van der Waals surface area contributed by atoms with Gasteiger partial charge in [0, 0.05) is 19.0 Å². The maximum Gasteiger partial charge on any atom is 0.212 e. The third-order valence-corrected chi connectivity index (χ3v) is 4.53. The Morgan fingerprint density at radius 3 is 2.56 bits per heavy atom. The van der Waals surface area contributed by atoms with Gasteiger partial charge in [0.1, 0.15) is 0 Å². The predicted molar refractivity (Wildman–Crippen MR) is 67.3 cm³/mol. The molecule has 0 spiro atoms. The average Bonchev–Trinajstić information content (AvgIpc) is 2.68. The highest BCUT2D eigenvalue weighted by molar-refractivity contribution is 7.89. The highest BCUT2D eigenvalue weighted by Crippen LogP contribution is 2.09. The quantitative estimate of drug-likeness (QED) is 0.698. The summed E-state index contributed by atoms with van der Waals surface area (Å²) in [4.78, 5) is 2.39. The van der Waals surface area contributed by atoms with Gasteiger partial charge in [0.25, 0.3) is 0 Å². The number of nitrogens with one attached hydrogen (secondary N) is 1. The molecule has 1 aliphatic heterocycles. The van der Waals surface area contributed by atoms with Gasteiger partial charge in [-0.1, -0.05) is 6.92 Å². The third kappa shape index (κ3) is 5.48. The van der Waals surface area contributed by atoms with Crippen LogP contribution in [0.4, 0.5) is 0 Å². The number of halogens is 1. The Labute approximate surface area is 103 Å². The number of hydrogen-bond acceptors (Lipinski definition) is 3. The molecular formula is C10H21ClN2O2S. The molecule has 1 saturated heterocycles. The monoisotopic (exact) mass is 268 g/mol. The van der Waals surface area contributed by atoms with E-state index in [9.17, 15) is 8.42 Å². The van der Waals surface area contributed by atoms with Crippen molar-refractivity contribution in [3.63, 3.8) is 0 Å². The number of nitrogens with zero attached hydrogens (tertiary/aromatic N) is 1. The van der Waals surface area contributed by atoms with Crippen molar-refractivity contribution < 1.29 is 8.42 Å². The number of sulfonamides is 1. The van der Waals surface area contributed by atoms with E-state index in [1.165, 1.54) is 12.8 Å². The number of rotatable bonds is 7. The third-order valence-electron chi connectivity index (χ3n) is 2.77. The minimum absolute atomic E-state index is 0.00495. The fourth-order valence-electron chi connectivity index (χ4n) is 1.91. The van der Waals surface area contributed by atoms with Gasteiger partial charge in [0.2, 0.25) is 10.0 Å². The molecule has 1 fully saturated rings. The molecule has 1 atom stereocenters. The molecule has 0 aromatic carbocycles. The van der Waals surface area contributed by atoms with Gasteiger partial charge >= 0.3 is 0 Å². The van der Waals surface area contributed by atoms with Crippen molar-refractivity contribution in [2.24, 2.45) is 5.92 Å². The first kappa shape index (κ1) is 14.2. The van der Waals surface area contributed by atoms with E-state index >= 15 is 0 Å². The molecule has 6 heteroatoms. The molecule has 0 radical (unpaired) electrons. The zero-order chi connectivity index (χ0) is 12.0. The largest absolute Gasteiger partial charge is 0.303 e. The molecule has 4 nitrogen and oxygen atoms in total. The summed E-state index contributed by atoms with van der Waals surface area (Å²) >= 11 is 5.41. The Hall–Kier alpha value is 0.160. The normalized spacial score (nSPS) is 20.1. The summed E-state index contributed by atoms with van der Waals surface area (Å²) in [6, 6.07) is 0. The van der Waals surface area contributed by atoms with Crippen LogP contribution in [0.1, 0.15) is 19.8 Å². The van der Waals surface area contributed by atoms with Crippen LogP contribution in [0.5, 0.6) is 0 Å². The van der Waals surface area contributed by atoms with Crippen LogP contribution in [0.15, 0.2) is 0 Å². The Kier molecular flexibility index (Phi) is 6.03. The molecule has 1 aliphatic rings. The Morgan fingerprint density at radius 1 is 1.38 bits per heavy atom. The van der Waals surface area contributed by atoms with Gasteiger partial charge in [-0.05, 0) is 31.8 Å². The van der Waals surface area contributed by atoms with Crippen LogP contribution in [0.3, 0.4) is 0 Å². The van der Waals surface area contributed by atoms with Crippen LogP contribution < -0.4 is 4.72 Å². The van der Waals surface area contributed by atoms with Crippen molar-refractivity contribution in [3.8, 4) is 0 Å². The molecule has 1 heterocycles. The minimum atomic E-state index is -3.16. The van der Waals surface area contributed by atoms with E-state index in [0.717, 1.165) is 19.6 Å². The van der Waals surface area contributed by atoms with E-state index < -0.39 is 10.0 Å². The highest BCUT2D eigenvalue weighted by atomic mass is 35.5. The first-order valence-electron chi connectivity index (χ1n) is 5.79. The molecule has 0 bridgehead atoms. The second kappa shape index (κ2) is 6.79. The zero-order valence-electron chi connectivity index (χ0n) is 9.78. The molecule has 16 heavy (non-hydrogen) atoms. The lowest BCUT2D eigenvalue weighted by Crippen LogP contribution is -2.35. The molecule has 1 unspecified atom stereocenters. The van der Waals surface area contributed by atoms with E-state index in [1.807, 2.05) is 0 Å².